The molecule has 0 aliphatic rings. The molecule has 0 saturated heterocycles. The molecule has 1 amide bonds. The van der Waals surface area contributed by atoms with E-state index in [1.54, 1.807) is 25.3 Å². The molecular formula is C10H14BrN3O2. The first kappa shape index (κ1) is 13.0. The Labute approximate surface area is 102 Å². The summed E-state index contributed by atoms with van der Waals surface area (Å²) in [6.07, 6.45) is 0. The van der Waals surface area contributed by atoms with Crippen molar-refractivity contribution in [2.45, 2.75) is 6.04 Å². The number of nitrogens with zero attached hydrogens (tertiary/aromatic N) is 1. The normalized spacial score (nSPS) is 12.1. The van der Waals surface area contributed by atoms with Crippen molar-refractivity contribution in [2.24, 2.45) is 11.6 Å². The van der Waals surface area contributed by atoms with Crippen LogP contribution in [-0.2, 0) is 4.79 Å². The Kier molecular flexibility index (Phi) is 4.28. The van der Waals surface area contributed by atoms with Crippen LogP contribution < -0.4 is 16.3 Å². The van der Waals surface area contributed by atoms with Gasteiger partial charge < -0.3 is 10.5 Å². The van der Waals surface area contributed by atoms with E-state index in [1.807, 2.05) is 0 Å². The zero-order chi connectivity index (χ0) is 12.3. The standard InChI is InChI=1S/C10H14BrN3O2/c1-14(13)10(15)9(12)6-3-4-8(16-2)7(11)5-6/h3-5,9H,12-13H2,1-2H3. The first-order valence-corrected chi connectivity index (χ1v) is 5.38. The van der Waals surface area contributed by atoms with Crippen molar-refractivity contribution in [3.63, 3.8) is 0 Å². The maximum absolute atomic E-state index is 11.5. The van der Waals surface area contributed by atoms with Gasteiger partial charge in [-0.25, -0.2) is 5.84 Å². The second-order valence-corrected chi connectivity index (χ2v) is 4.18. The fraction of sp³-hybridized carbons (Fsp3) is 0.300. The smallest absolute Gasteiger partial charge is 0.257 e. The Balaban J connectivity index is 2.97. The number of rotatable bonds is 3. The molecule has 88 valence electrons. The van der Waals surface area contributed by atoms with Gasteiger partial charge in [-0.1, -0.05) is 6.07 Å². The third-order valence-corrected chi connectivity index (χ3v) is 2.77. The molecule has 0 bridgehead atoms. The van der Waals surface area contributed by atoms with Crippen LogP contribution >= 0.6 is 15.9 Å². The largest absolute Gasteiger partial charge is 0.496 e. The first-order chi connectivity index (χ1) is 7.47. The molecule has 0 radical (unpaired) electrons. The summed E-state index contributed by atoms with van der Waals surface area (Å²) in [5.41, 5.74) is 6.44. The number of halogens is 1. The summed E-state index contributed by atoms with van der Waals surface area (Å²) in [6.45, 7) is 0. The third kappa shape index (κ3) is 2.72. The van der Waals surface area contributed by atoms with Gasteiger partial charge in [0.2, 0.25) is 0 Å². The number of amides is 1. The van der Waals surface area contributed by atoms with Gasteiger partial charge in [0.1, 0.15) is 11.8 Å². The number of likely N-dealkylation sites (N-methyl/N-ethyl adjacent to an activating group) is 1. The van der Waals surface area contributed by atoms with Gasteiger partial charge in [0.15, 0.2) is 0 Å². The van der Waals surface area contributed by atoms with E-state index in [0.29, 0.717) is 11.3 Å². The summed E-state index contributed by atoms with van der Waals surface area (Å²) in [5.74, 6) is 5.67. The predicted molar refractivity (Wildman–Crippen MR) is 64.6 cm³/mol. The third-order valence-electron chi connectivity index (χ3n) is 2.15. The molecule has 0 aromatic heterocycles. The molecule has 0 fully saturated rings. The van der Waals surface area contributed by atoms with Crippen molar-refractivity contribution in [1.82, 2.24) is 5.01 Å². The Morgan fingerprint density at radius 1 is 1.56 bits per heavy atom. The molecule has 4 N–H and O–H groups in total. The van der Waals surface area contributed by atoms with Crippen LogP contribution in [-0.4, -0.2) is 25.1 Å². The second-order valence-electron chi connectivity index (χ2n) is 3.32. The lowest BCUT2D eigenvalue weighted by Crippen LogP contribution is -2.40. The Hall–Kier alpha value is -1.11. The number of ether oxygens (including phenoxy) is 1. The molecule has 1 aromatic carbocycles. The zero-order valence-electron chi connectivity index (χ0n) is 9.11. The summed E-state index contributed by atoms with van der Waals surface area (Å²) >= 11 is 3.33. The van der Waals surface area contributed by atoms with Crippen molar-refractivity contribution in [2.75, 3.05) is 14.2 Å². The Bertz CT molecular complexity index is 396. The summed E-state index contributed by atoms with van der Waals surface area (Å²) in [4.78, 5) is 11.5. The predicted octanol–water partition coefficient (Wildman–Crippen LogP) is 0.790. The lowest BCUT2D eigenvalue weighted by molar-refractivity contribution is -0.131. The summed E-state index contributed by atoms with van der Waals surface area (Å²) in [6, 6.07) is 4.45. The van der Waals surface area contributed by atoms with Gasteiger partial charge in [-0.3, -0.25) is 9.80 Å². The molecule has 5 nitrogen and oxygen atoms in total. The molecule has 0 aliphatic carbocycles. The van der Waals surface area contributed by atoms with Crippen LogP contribution in [0.2, 0.25) is 0 Å². The van der Waals surface area contributed by atoms with Gasteiger partial charge >= 0.3 is 0 Å². The van der Waals surface area contributed by atoms with E-state index in [1.165, 1.54) is 7.05 Å². The van der Waals surface area contributed by atoms with Gasteiger partial charge in [-0.2, -0.15) is 0 Å². The topological polar surface area (TPSA) is 81.6 Å². The monoisotopic (exact) mass is 287 g/mol. The molecule has 16 heavy (non-hydrogen) atoms. The number of benzene rings is 1. The van der Waals surface area contributed by atoms with Crippen molar-refractivity contribution in [3.05, 3.63) is 28.2 Å². The van der Waals surface area contributed by atoms with E-state index in [0.717, 1.165) is 9.48 Å². The van der Waals surface area contributed by atoms with Gasteiger partial charge in [0.25, 0.3) is 5.91 Å². The summed E-state index contributed by atoms with van der Waals surface area (Å²) in [5, 5.41) is 0.975. The maximum Gasteiger partial charge on any atom is 0.257 e. The minimum Gasteiger partial charge on any atom is -0.496 e. The fourth-order valence-corrected chi connectivity index (χ4v) is 1.80. The number of nitrogens with two attached hydrogens (primary N) is 2. The number of hydrazine groups is 1. The molecule has 0 saturated carbocycles. The van der Waals surface area contributed by atoms with Crippen LogP contribution in [0.4, 0.5) is 0 Å². The van der Waals surface area contributed by atoms with Crippen LogP contribution in [0.15, 0.2) is 22.7 Å². The Morgan fingerprint density at radius 2 is 2.19 bits per heavy atom. The SMILES string of the molecule is COc1ccc(C(N)C(=O)N(C)N)cc1Br. The van der Waals surface area contributed by atoms with Crippen LogP contribution in [0.5, 0.6) is 5.75 Å². The number of carbonyl (C=O) groups excluding carboxylic acids is 1. The number of carbonyl (C=O) groups is 1. The molecule has 0 heterocycles. The lowest BCUT2D eigenvalue weighted by Gasteiger charge is -2.17. The zero-order valence-corrected chi connectivity index (χ0v) is 10.7. The molecule has 1 unspecified atom stereocenters. The summed E-state index contributed by atoms with van der Waals surface area (Å²) < 4.78 is 5.83. The molecule has 1 atom stereocenters. The van der Waals surface area contributed by atoms with Crippen molar-refractivity contribution in [3.8, 4) is 5.75 Å². The van der Waals surface area contributed by atoms with Gasteiger partial charge in [-0.05, 0) is 33.6 Å². The van der Waals surface area contributed by atoms with Crippen LogP contribution in [0.25, 0.3) is 0 Å². The van der Waals surface area contributed by atoms with E-state index in [2.05, 4.69) is 15.9 Å². The van der Waals surface area contributed by atoms with Crippen molar-refractivity contribution >= 4 is 21.8 Å². The molecule has 0 spiro atoms. The molecule has 1 rings (SSSR count). The number of hydrogen-bond donors (Lipinski definition) is 2. The lowest BCUT2D eigenvalue weighted by atomic mass is 10.1. The highest BCUT2D eigenvalue weighted by Crippen LogP contribution is 2.27. The minimum absolute atomic E-state index is 0.350. The minimum atomic E-state index is -0.766. The van der Waals surface area contributed by atoms with Crippen LogP contribution in [0, 0.1) is 0 Å². The molecule has 6 heteroatoms. The van der Waals surface area contributed by atoms with Crippen molar-refractivity contribution in [1.29, 1.82) is 0 Å². The molecular weight excluding hydrogens is 274 g/mol. The van der Waals surface area contributed by atoms with E-state index < -0.39 is 6.04 Å². The van der Waals surface area contributed by atoms with E-state index in [-0.39, 0.29) is 5.91 Å². The average molecular weight is 288 g/mol. The van der Waals surface area contributed by atoms with Crippen LogP contribution in [0.3, 0.4) is 0 Å². The van der Waals surface area contributed by atoms with Crippen LogP contribution in [0.1, 0.15) is 11.6 Å². The molecule has 1 aromatic rings. The Morgan fingerprint density at radius 3 is 2.62 bits per heavy atom. The first-order valence-electron chi connectivity index (χ1n) is 4.58. The quantitative estimate of drug-likeness (QED) is 0.489. The van der Waals surface area contributed by atoms with Gasteiger partial charge in [-0.15, -0.1) is 0 Å². The fourth-order valence-electron chi connectivity index (χ4n) is 1.24. The van der Waals surface area contributed by atoms with Gasteiger partial charge in [0, 0.05) is 7.05 Å². The average Bonchev–Trinajstić information content (AvgIpc) is 2.26. The van der Waals surface area contributed by atoms with E-state index in [9.17, 15) is 4.79 Å². The highest BCUT2D eigenvalue weighted by atomic mass is 79.9. The van der Waals surface area contributed by atoms with Gasteiger partial charge in [0.05, 0.1) is 11.6 Å². The summed E-state index contributed by atoms with van der Waals surface area (Å²) in [7, 11) is 3.03. The van der Waals surface area contributed by atoms with E-state index >= 15 is 0 Å². The molecule has 0 aliphatic heterocycles. The number of methoxy groups -OCH3 is 1. The van der Waals surface area contributed by atoms with Crippen molar-refractivity contribution < 1.29 is 9.53 Å². The maximum atomic E-state index is 11.5. The number of hydrogen-bond acceptors (Lipinski definition) is 4. The highest BCUT2D eigenvalue weighted by molar-refractivity contribution is 9.10. The van der Waals surface area contributed by atoms with E-state index in [4.69, 9.17) is 16.3 Å². The second kappa shape index (κ2) is 5.29. The highest BCUT2D eigenvalue weighted by Gasteiger charge is 2.18.